The Kier molecular flexibility index (Phi) is 14.4. The highest BCUT2D eigenvalue weighted by Gasteiger charge is 2.52. The first-order chi connectivity index (χ1) is 24.8. The third kappa shape index (κ3) is 10.4. The molecule has 52 heavy (non-hydrogen) atoms. The molecule has 12 heteroatoms. The molecule has 280 valence electrons. The van der Waals surface area contributed by atoms with Crippen molar-refractivity contribution in [3.63, 3.8) is 0 Å². The van der Waals surface area contributed by atoms with E-state index in [-0.39, 0.29) is 42.9 Å². The van der Waals surface area contributed by atoms with Gasteiger partial charge in [-0.25, -0.2) is 0 Å². The van der Waals surface area contributed by atoms with E-state index in [1.165, 1.54) is 0 Å². The molecule has 0 radical (unpaired) electrons. The number of aromatic nitrogens is 1. The minimum absolute atomic E-state index is 0.106. The zero-order valence-corrected chi connectivity index (χ0v) is 31.1. The zero-order valence-electron chi connectivity index (χ0n) is 31.1. The van der Waals surface area contributed by atoms with Crippen molar-refractivity contribution < 1.29 is 24.0 Å². The maximum Gasteiger partial charge on any atom is 0.248 e. The predicted molar refractivity (Wildman–Crippen MR) is 201 cm³/mol. The molecule has 0 bridgehead atoms. The number of nitrogens with two attached hydrogens (primary N) is 1. The molecular weight excluding hydrogens is 658 g/mol. The van der Waals surface area contributed by atoms with Gasteiger partial charge in [-0.2, -0.15) is 0 Å². The van der Waals surface area contributed by atoms with Crippen LogP contribution in [-0.4, -0.2) is 76.6 Å². The van der Waals surface area contributed by atoms with Gasteiger partial charge in [0.05, 0.1) is 23.7 Å². The van der Waals surface area contributed by atoms with Crippen molar-refractivity contribution in [2.24, 2.45) is 17.6 Å². The fourth-order valence-electron chi connectivity index (χ4n) is 6.93. The van der Waals surface area contributed by atoms with Gasteiger partial charge in [0.15, 0.2) is 11.3 Å². The molecule has 5 atom stereocenters. The van der Waals surface area contributed by atoms with Crippen LogP contribution in [0.5, 0.6) is 0 Å². The van der Waals surface area contributed by atoms with Crippen LogP contribution >= 0.6 is 0 Å². The van der Waals surface area contributed by atoms with Gasteiger partial charge in [-0.15, -0.1) is 0 Å². The Morgan fingerprint density at radius 2 is 1.60 bits per heavy atom. The molecule has 1 aliphatic rings. The number of primary amides is 1. The van der Waals surface area contributed by atoms with E-state index in [1.54, 1.807) is 11.9 Å². The van der Waals surface area contributed by atoms with Crippen LogP contribution in [-0.2, 0) is 37.1 Å². The fourth-order valence-corrected chi connectivity index (χ4v) is 6.93. The number of benzene rings is 2. The number of fused-ring (bicyclic) bond motifs is 1. The topological polar surface area (TPSA) is 176 Å². The molecular formula is C40H55N7O5. The van der Waals surface area contributed by atoms with Crippen molar-refractivity contribution in [2.45, 2.75) is 103 Å². The molecule has 1 aliphatic heterocycles. The second-order valence-electron chi connectivity index (χ2n) is 14.5. The molecule has 4 rings (SSSR count). The second kappa shape index (κ2) is 18.7. The number of carbonyl (C=O) groups is 5. The Morgan fingerprint density at radius 1 is 0.885 bits per heavy atom. The molecule has 3 aromatic rings. The number of likely N-dealkylation sites (N-methyl/N-ethyl adjacent to an activating group) is 1. The van der Waals surface area contributed by atoms with Crippen LogP contribution < -0.4 is 27.0 Å². The summed E-state index contributed by atoms with van der Waals surface area (Å²) in [5.41, 5.74) is 6.48. The van der Waals surface area contributed by atoms with Gasteiger partial charge in [0, 0.05) is 30.9 Å². The summed E-state index contributed by atoms with van der Waals surface area (Å²) in [4.78, 5) is 74.3. The van der Waals surface area contributed by atoms with Gasteiger partial charge in [-0.05, 0) is 62.4 Å². The number of nitrogens with zero attached hydrogens (tertiary/aromatic N) is 2. The van der Waals surface area contributed by atoms with Crippen molar-refractivity contribution in [1.29, 1.82) is 0 Å². The van der Waals surface area contributed by atoms with E-state index in [2.05, 4.69) is 26.3 Å². The van der Waals surface area contributed by atoms with Gasteiger partial charge in [-0.3, -0.25) is 39.2 Å². The van der Waals surface area contributed by atoms with E-state index >= 15 is 0 Å². The quantitative estimate of drug-likeness (QED) is 0.118. The largest absolute Gasteiger partial charge is 0.370 e. The highest BCUT2D eigenvalue weighted by atomic mass is 16.2. The zero-order chi connectivity index (χ0) is 37.8. The van der Waals surface area contributed by atoms with Crippen LogP contribution in [0.25, 0.3) is 10.9 Å². The molecule has 12 nitrogen and oxygen atoms in total. The first kappa shape index (κ1) is 40.1. The highest BCUT2D eigenvalue weighted by molar-refractivity contribution is 6.12. The maximum absolute atomic E-state index is 14.4. The summed E-state index contributed by atoms with van der Waals surface area (Å²) in [5.74, 6) is -2.35. The van der Waals surface area contributed by atoms with E-state index in [1.807, 2.05) is 94.4 Å². The van der Waals surface area contributed by atoms with Gasteiger partial charge in [0.2, 0.25) is 23.6 Å². The summed E-state index contributed by atoms with van der Waals surface area (Å²) < 4.78 is 0. The van der Waals surface area contributed by atoms with E-state index in [9.17, 15) is 24.0 Å². The SMILES string of the molecule is CC[C@H](C)[C@H](NC(=O)[C@@]1(C(=O)C[C@H](CC(C)C)NC(=O)[C@H](CC(N)=O)NCc2ccc3ccccc3n2)CCCN1C)C(=O)NCc1ccccc1. The average molecular weight is 714 g/mol. The highest BCUT2D eigenvalue weighted by Crippen LogP contribution is 2.32. The third-order valence-electron chi connectivity index (χ3n) is 10.1. The van der Waals surface area contributed by atoms with E-state index in [4.69, 9.17) is 5.73 Å². The van der Waals surface area contributed by atoms with Crippen molar-refractivity contribution in [1.82, 2.24) is 31.2 Å². The Hall–Kier alpha value is -4.68. The van der Waals surface area contributed by atoms with E-state index in [0.717, 1.165) is 16.5 Å². The first-order valence-electron chi connectivity index (χ1n) is 18.4. The van der Waals surface area contributed by atoms with Gasteiger partial charge >= 0.3 is 0 Å². The van der Waals surface area contributed by atoms with Crippen LogP contribution in [0.4, 0.5) is 0 Å². The lowest BCUT2D eigenvalue weighted by atomic mass is 9.84. The van der Waals surface area contributed by atoms with Crippen molar-refractivity contribution in [3.05, 3.63) is 78.0 Å². The number of para-hydroxylation sites is 1. The molecule has 6 N–H and O–H groups in total. The Balaban J connectivity index is 1.49. The number of Topliss-reactive ketones (excluding diaryl/α,β-unsaturated/α-hetero) is 1. The molecule has 1 fully saturated rings. The van der Waals surface area contributed by atoms with Crippen LogP contribution in [0.1, 0.15) is 77.5 Å². The van der Waals surface area contributed by atoms with Gasteiger partial charge < -0.3 is 21.7 Å². The number of hydrogen-bond donors (Lipinski definition) is 5. The second-order valence-corrected chi connectivity index (χ2v) is 14.5. The molecule has 2 aromatic carbocycles. The molecule has 4 amide bonds. The monoisotopic (exact) mass is 713 g/mol. The normalized spacial score (nSPS) is 18.3. The summed E-state index contributed by atoms with van der Waals surface area (Å²) in [6, 6.07) is 18.6. The fraction of sp³-hybridized carbons (Fsp3) is 0.500. The van der Waals surface area contributed by atoms with Crippen LogP contribution in [0.3, 0.4) is 0 Å². The Bertz CT molecular complexity index is 1700. The number of amides is 4. The van der Waals surface area contributed by atoms with E-state index in [0.29, 0.717) is 44.5 Å². The lowest BCUT2D eigenvalue weighted by molar-refractivity contribution is -0.145. The lowest BCUT2D eigenvalue weighted by Gasteiger charge is -2.36. The van der Waals surface area contributed by atoms with Gasteiger partial charge in [0.1, 0.15) is 6.04 Å². The van der Waals surface area contributed by atoms with Crippen molar-refractivity contribution >= 4 is 40.3 Å². The van der Waals surface area contributed by atoms with Gasteiger partial charge in [0.25, 0.3) is 0 Å². The number of nitrogens with one attached hydrogen (secondary N) is 4. The summed E-state index contributed by atoms with van der Waals surface area (Å²) in [6.45, 7) is 8.89. The Labute approximate surface area is 307 Å². The van der Waals surface area contributed by atoms with Crippen molar-refractivity contribution in [2.75, 3.05) is 13.6 Å². The molecule has 0 unspecified atom stereocenters. The molecule has 0 saturated carbocycles. The number of hydrogen-bond acceptors (Lipinski definition) is 8. The minimum Gasteiger partial charge on any atom is -0.370 e. The number of carbonyl (C=O) groups excluding carboxylic acids is 5. The predicted octanol–water partition coefficient (Wildman–Crippen LogP) is 3.37. The molecule has 0 aliphatic carbocycles. The lowest BCUT2D eigenvalue weighted by Crippen LogP contribution is -2.64. The average Bonchev–Trinajstić information content (AvgIpc) is 3.52. The summed E-state index contributed by atoms with van der Waals surface area (Å²) in [6.07, 6.45) is 1.66. The molecule has 1 aromatic heterocycles. The van der Waals surface area contributed by atoms with E-state index < -0.39 is 41.4 Å². The number of ketones is 1. The van der Waals surface area contributed by atoms with Crippen LogP contribution in [0.2, 0.25) is 0 Å². The number of rotatable bonds is 19. The summed E-state index contributed by atoms with van der Waals surface area (Å²) in [7, 11) is 1.75. The first-order valence-corrected chi connectivity index (χ1v) is 18.4. The summed E-state index contributed by atoms with van der Waals surface area (Å²) in [5, 5.41) is 13.0. The number of likely N-dealkylation sites (tertiary alicyclic amines) is 1. The Morgan fingerprint density at radius 3 is 2.25 bits per heavy atom. The van der Waals surface area contributed by atoms with Gasteiger partial charge in [-0.1, -0.05) is 88.7 Å². The minimum atomic E-state index is -1.50. The maximum atomic E-state index is 14.4. The smallest absolute Gasteiger partial charge is 0.248 e. The third-order valence-corrected chi connectivity index (χ3v) is 10.1. The molecule has 2 heterocycles. The van der Waals surface area contributed by atoms with Crippen LogP contribution in [0, 0.1) is 11.8 Å². The standard InChI is InChI=1S/C40H55N7O5/c1-6-27(4)36(38(51)43-24-28-13-8-7-9-14-28)46-39(52)40(19-12-20-47(40)5)34(48)22-31(21-26(2)3)45-37(50)33(23-35(41)49)42-25-30-18-17-29-15-10-11-16-32(29)44-30/h7-11,13-18,26-27,31,33,36,42H,6,12,19-25H2,1-5H3,(H2,41,49)(H,43,51)(H,45,50)(H,46,52)/t27-,31-,33-,36-,40-/m0/s1. The number of pyridine rings is 1. The molecule has 1 saturated heterocycles. The van der Waals surface area contributed by atoms with Crippen molar-refractivity contribution in [3.8, 4) is 0 Å². The molecule has 0 spiro atoms. The summed E-state index contributed by atoms with van der Waals surface area (Å²) >= 11 is 0. The van der Waals surface area contributed by atoms with Crippen LogP contribution in [0.15, 0.2) is 66.7 Å².